The molecule has 3 fully saturated rings. The molecular formula is C19H19ClF3N5O3. The number of carbonyl (C=O) groups is 2. The molecule has 2 saturated carbocycles. The zero-order valence-electron chi connectivity index (χ0n) is 16.2. The monoisotopic (exact) mass is 457 g/mol. The normalized spacial score (nSPS) is 24.4. The van der Waals surface area contributed by atoms with E-state index < -0.39 is 35.4 Å². The Morgan fingerprint density at radius 3 is 2.55 bits per heavy atom. The molecule has 3 aliphatic rings. The lowest BCUT2D eigenvalue weighted by Crippen LogP contribution is -2.64. The van der Waals surface area contributed by atoms with E-state index in [2.05, 4.69) is 10.4 Å². The third kappa shape index (κ3) is 3.49. The molecule has 31 heavy (non-hydrogen) atoms. The van der Waals surface area contributed by atoms with E-state index in [-0.39, 0.29) is 35.9 Å². The molecule has 2 aromatic rings. The Hall–Kier alpha value is -2.53. The number of pyridine rings is 1. The molecule has 2 N–H and O–H groups in total. The van der Waals surface area contributed by atoms with Gasteiger partial charge >= 0.3 is 12.2 Å². The summed E-state index contributed by atoms with van der Waals surface area (Å²) in [5.41, 5.74) is 1.20. The van der Waals surface area contributed by atoms with Crippen LogP contribution in [0.25, 0.3) is 5.65 Å². The first-order valence-electron chi connectivity index (χ1n) is 9.99. The SMILES string of the molecule is O=C(c1nc2c(C(F)(F)F)cc(C3CC3)cn2c1Cl)N1CCN([C@H]2C[C@H](O)C2)C(=O)N1. The second-order valence-corrected chi connectivity index (χ2v) is 8.61. The van der Waals surface area contributed by atoms with Crippen molar-refractivity contribution in [3.63, 3.8) is 0 Å². The lowest BCUT2D eigenvalue weighted by atomic mass is 9.88. The van der Waals surface area contributed by atoms with Crippen LogP contribution in [0.15, 0.2) is 12.3 Å². The Morgan fingerprint density at radius 1 is 1.26 bits per heavy atom. The second kappa shape index (κ2) is 6.99. The molecule has 8 nitrogen and oxygen atoms in total. The van der Waals surface area contributed by atoms with Crippen LogP contribution in [0.5, 0.6) is 0 Å². The molecule has 3 heterocycles. The summed E-state index contributed by atoms with van der Waals surface area (Å²) in [5.74, 6) is -0.739. The van der Waals surface area contributed by atoms with Crippen molar-refractivity contribution in [2.45, 2.75) is 49.9 Å². The van der Waals surface area contributed by atoms with Crippen LogP contribution in [0.2, 0.25) is 5.15 Å². The Kier molecular flexibility index (Phi) is 4.60. The van der Waals surface area contributed by atoms with E-state index in [1.54, 1.807) is 0 Å². The fraction of sp³-hybridized carbons (Fsp3) is 0.526. The summed E-state index contributed by atoms with van der Waals surface area (Å²) in [6.07, 6.45) is -1.05. The summed E-state index contributed by atoms with van der Waals surface area (Å²) in [6.45, 7) is 0.348. The predicted molar refractivity (Wildman–Crippen MR) is 102 cm³/mol. The van der Waals surface area contributed by atoms with Crippen LogP contribution in [-0.2, 0) is 6.18 Å². The molecule has 2 aromatic heterocycles. The van der Waals surface area contributed by atoms with E-state index in [0.717, 1.165) is 28.3 Å². The number of carbonyl (C=O) groups excluding carboxylic acids is 2. The Bertz CT molecular complexity index is 1080. The Labute approximate surface area is 179 Å². The summed E-state index contributed by atoms with van der Waals surface area (Å²) in [6, 6.07) is 0.461. The maximum absolute atomic E-state index is 13.6. The lowest BCUT2D eigenvalue weighted by Gasteiger charge is -2.44. The zero-order chi connectivity index (χ0) is 22.1. The van der Waals surface area contributed by atoms with Gasteiger partial charge in [-0.2, -0.15) is 13.2 Å². The van der Waals surface area contributed by atoms with Gasteiger partial charge in [0, 0.05) is 18.8 Å². The van der Waals surface area contributed by atoms with Gasteiger partial charge in [-0.25, -0.2) is 20.2 Å². The molecule has 1 aliphatic heterocycles. The molecule has 1 saturated heterocycles. The van der Waals surface area contributed by atoms with Gasteiger partial charge < -0.3 is 10.0 Å². The van der Waals surface area contributed by atoms with Crippen LogP contribution in [0.4, 0.5) is 18.0 Å². The summed E-state index contributed by atoms with van der Waals surface area (Å²) >= 11 is 6.29. The van der Waals surface area contributed by atoms with Gasteiger partial charge in [0.15, 0.2) is 11.3 Å². The van der Waals surface area contributed by atoms with Crippen molar-refractivity contribution >= 4 is 29.2 Å². The molecule has 0 radical (unpaired) electrons. The average molecular weight is 458 g/mol. The van der Waals surface area contributed by atoms with Crippen molar-refractivity contribution in [2.75, 3.05) is 13.1 Å². The van der Waals surface area contributed by atoms with Gasteiger partial charge in [-0.1, -0.05) is 11.6 Å². The number of hydrogen-bond donors (Lipinski definition) is 2. The van der Waals surface area contributed by atoms with E-state index in [9.17, 15) is 27.9 Å². The third-order valence-corrected chi connectivity index (χ3v) is 6.43. The number of rotatable bonds is 3. The van der Waals surface area contributed by atoms with Crippen LogP contribution >= 0.6 is 11.6 Å². The molecule has 0 unspecified atom stereocenters. The van der Waals surface area contributed by atoms with E-state index in [4.69, 9.17) is 11.6 Å². The highest BCUT2D eigenvalue weighted by atomic mass is 35.5. The first-order chi connectivity index (χ1) is 14.6. The first kappa shape index (κ1) is 20.4. The maximum atomic E-state index is 13.6. The lowest BCUT2D eigenvalue weighted by molar-refractivity contribution is -0.136. The van der Waals surface area contributed by atoms with Crippen LogP contribution in [-0.4, -0.2) is 61.6 Å². The molecule has 2 aliphatic carbocycles. The van der Waals surface area contributed by atoms with Crippen molar-refractivity contribution in [1.29, 1.82) is 0 Å². The maximum Gasteiger partial charge on any atom is 0.419 e. The third-order valence-electron chi connectivity index (χ3n) is 6.07. The number of nitrogens with one attached hydrogen (secondary N) is 1. The topological polar surface area (TPSA) is 90.2 Å². The standard InChI is InChI=1S/C19H19ClF3N5O3/c20-15-14(17(30)28-4-3-26(18(31)25-28)11-6-12(29)7-11)24-16-13(19(21,22)23)5-10(8-27(15)16)9-1-2-9/h5,8-9,11-12,29H,1-4,6-7H2,(H,25,31)/t11-,12-. The summed E-state index contributed by atoms with van der Waals surface area (Å²) in [5, 5.41) is 10.2. The van der Waals surface area contributed by atoms with Gasteiger partial charge in [-0.3, -0.25) is 9.20 Å². The van der Waals surface area contributed by atoms with Crippen molar-refractivity contribution in [2.24, 2.45) is 0 Å². The fourth-order valence-corrected chi connectivity index (χ4v) is 4.36. The summed E-state index contributed by atoms with van der Waals surface area (Å²) < 4.78 is 42.0. The number of hydrazine groups is 1. The van der Waals surface area contributed by atoms with E-state index in [1.165, 1.54) is 11.1 Å². The molecule has 5 rings (SSSR count). The molecule has 0 aromatic carbocycles. The van der Waals surface area contributed by atoms with Crippen molar-refractivity contribution < 1.29 is 27.9 Å². The number of fused-ring (bicyclic) bond motifs is 1. The number of imidazole rings is 1. The average Bonchev–Trinajstić information content (AvgIpc) is 3.48. The van der Waals surface area contributed by atoms with E-state index in [1.807, 2.05) is 0 Å². The summed E-state index contributed by atoms with van der Waals surface area (Å²) in [4.78, 5) is 30.8. The minimum Gasteiger partial charge on any atom is -0.393 e. The van der Waals surface area contributed by atoms with Crippen molar-refractivity contribution in [1.82, 2.24) is 24.7 Å². The van der Waals surface area contributed by atoms with E-state index >= 15 is 0 Å². The van der Waals surface area contributed by atoms with E-state index in [0.29, 0.717) is 18.4 Å². The molecule has 166 valence electrons. The number of aliphatic hydroxyl groups excluding tert-OH is 1. The molecule has 0 atom stereocenters. The van der Waals surface area contributed by atoms with Crippen molar-refractivity contribution in [3.05, 3.63) is 34.2 Å². The first-order valence-corrected chi connectivity index (χ1v) is 10.4. The van der Waals surface area contributed by atoms with Crippen molar-refractivity contribution in [3.8, 4) is 0 Å². The molecular weight excluding hydrogens is 439 g/mol. The van der Waals surface area contributed by atoms with Gasteiger partial charge in [-0.05, 0) is 43.2 Å². The number of alkyl halides is 3. The zero-order valence-corrected chi connectivity index (χ0v) is 16.9. The van der Waals surface area contributed by atoms with Gasteiger partial charge in [0.2, 0.25) is 0 Å². The molecule has 12 heteroatoms. The number of aliphatic hydroxyl groups is 1. The minimum absolute atomic E-state index is 0.0421. The highest BCUT2D eigenvalue weighted by Gasteiger charge is 2.40. The number of aromatic nitrogens is 2. The number of amides is 3. The van der Waals surface area contributed by atoms with Crippen LogP contribution < -0.4 is 5.43 Å². The van der Waals surface area contributed by atoms with Crippen LogP contribution in [0.1, 0.15) is 53.2 Å². The predicted octanol–water partition coefficient (Wildman–Crippen LogP) is 2.79. The molecule has 0 bridgehead atoms. The smallest absolute Gasteiger partial charge is 0.393 e. The van der Waals surface area contributed by atoms with Gasteiger partial charge in [0.1, 0.15) is 5.15 Å². The summed E-state index contributed by atoms with van der Waals surface area (Å²) in [7, 11) is 0. The quantitative estimate of drug-likeness (QED) is 0.741. The van der Waals surface area contributed by atoms with Gasteiger partial charge in [0.25, 0.3) is 5.91 Å². The Morgan fingerprint density at radius 2 is 1.97 bits per heavy atom. The van der Waals surface area contributed by atoms with Crippen LogP contribution in [0.3, 0.4) is 0 Å². The van der Waals surface area contributed by atoms with Gasteiger partial charge in [0.05, 0.1) is 18.2 Å². The number of halogens is 4. The number of nitrogens with zero attached hydrogens (tertiary/aromatic N) is 4. The highest BCUT2D eigenvalue weighted by Crippen LogP contribution is 2.43. The molecule has 0 spiro atoms. The highest BCUT2D eigenvalue weighted by molar-refractivity contribution is 6.33. The minimum atomic E-state index is -4.66. The largest absolute Gasteiger partial charge is 0.419 e. The Balaban J connectivity index is 1.44. The van der Waals surface area contributed by atoms with Crippen LogP contribution in [0, 0.1) is 0 Å². The number of hydrogen-bond acceptors (Lipinski definition) is 4. The number of urea groups is 1. The molecule has 3 amide bonds. The second-order valence-electron chi connectivity index (χ2n) is 8.25. The van der Waals surface area contributed by atoms with Gasteiger partial charge in [-0.15, -0.1) is 0 Å². The fourth-order valence-electron chi connectivity index (χ4n) is 4.11.